The number of allylic oxidation sites excluding steroid dienone is 2. The van der Waals surface area contributed by atoms with E-state index in [-0.39, 0.29) is 22.9 Å². The lowest BCUT2D eigenvalue weighted by Crippen LogP contribution is -2.56. The van der Waals surface area contributed by atoms with Crippen LogP contribution >= 0.6 is 11.6 Å². The number of fused-ring (bicyclic) bond motifs is 1. The molecule has 5 rings (SSSR count). The molecule has 5 aliphatic rings. The first-order chi connectivity index (χ1) is 12.3. The van der Waals surface area contributed by atoms with Crippen LogP contribution in [0.15, 0.2) is 23.0 Å². The Balaban J connectivity index is 1.40. The molecule has 1 amide bonds. The van der Waals surface area contributed by atoms with Crippen molar-refractivity contribution in [3.63, 3.8) is 0 Å². The summed E-state index contributed by atoms with van der Waals surface area (Å²) in [5.74, 6) is 3.82. The molecule has 0 aromatic heterocycles. The van der Waals surface area contributed by atoms with Crippen LogP contribution in [-0.4, -0.2) is 29.0 Å². The van der Waals surface area contributed by atoms with E-state index in [1.165, 1.54) is 12.8 Å². The van der Waals surface area contributed by atoms with Gasteiger partial charge in [0.2, 0.25) is 5.91 Å². The molecular weight excluding hydrogens is 348 g/mol. The highest BCUT2D eigenvalue weighted by atomic mass is 35.5. The zero-order valence-electron chi connectivity index (χ0n) is 15.6. The van der Waals surface area contributed by atoms with Gasteiger partial charge in [0, 0.05) is 24.1 Å². The molecule has 1 aliphatic heterocycles. The van der Waals surface area contributed by atoms with Crippen molar-refractivity contribution in [3.05, 3.63) is 23.0 Å². The van der Waals surface area contributed by atoms with E-state index >= 15 is 0 Å². The fourth-order valence-electron chi connectivity index (χ4n) is 6.59. The normalized spacial score (nSPS) is 49.6. The van der Waals surface area contributed by atoms with Crippen LogP contribution in [0.4, 0.5) is 0 Å². The lowest BCUT2D eigenvalue weighted by molar-refractivity contribution is -0.118. The Morgan fingerprint density at radius 2 is 2.00 bits per heavy atom. The minimum Gasteiger partial charge on any atom is -0.490 e. The van der Waals surface area contributed by atoms with Gasteiger partial charge in [-0.15, -0.1) is 11.6 Å². The van der Waals surface area contributed by atoms with Crippen LogP contribution in [-0.2, 0) is 9.53 Å². The second-order valence-corrected chi connectivity index (χ2v) is 10.2. The SMILES string of the molecule is CC1CC2=C(CC(Cl)C(OC3(C)CC4CC5C(N)C(C3)C5C4)=C2)C(=O)N1. The number of carbonyl (C=O) groups is 1. The van der Waals surface area contributed by atoms with E-state index in [9.17, 15) is 4.79 Å². The number of carbonyl (C=O) groups excluding carboxylic acids is 1. The minimum atomic E-state index is -0.256. The third kappa shape index (κ3) is 2.56. The lowest BCUT2D eigenvalue weighted by Gasteiger charge is -2.51. The van der Waals surface area contributed by atoms with E-state index in [0.29, 0.717) is 18.4 Å². The molecule has 26 heavy (non-hydrogen) atoms. The highest BCUT2D eigenvalue weighted by Crippen LogP contribution is 2.60. The molecule has 0 spiro atoms. The van der Waals surface area contributed by atoms with Gasteiger partial charge in [0.05, 0.1) is 5.38 Å². The molecule has 0 radical (unpaired) electrons. The molecule has 0 saturated heterocycles. The second kappa shape index (κ2) is 5.75. The quantitative estimate of drug-likeness (QED) is 0.727. The van der Waals surface area contributed by atoms with Gasteiger partial charge in [-0.3, -0.25) is 4.79 Å². The highest BCUT2D eigenvalue weighted by Gasteiger charge is 2.58. The summed E-state index contributed by atoms with van der Waals surface area (Å²) in [6, 6.07) is 0.525. The number of halogens is 1. The highest BCUT2D eigenvalue weighted by molar-refractivity contribution is 6.23. The molecule has 3 N–H and O–H groups in total. The maximum Gasteiger partial charge on any atom is 0.247 e. The summed E-state index contributed by atoms with van der Waals surface area (Å²) in [4.78, 5) is 12.2. The largest absolute Gasteiger partial charge is 0.490 e. The summed E-state index contributed by atoms with van der Waals surface area (Å²) in [5.41, 5.74) is 8.22. The van der Waals surface area contributed by atoms with E-state index in [1.807, 2.05) is 6.92 Å². The number of hydrogen-bond donors (Lipinski definition) is 2. The first kappa shape index (κ1) is 17.1. The van der Waals surface area contributed by atoms with Crippen LogP contribution in [0.2, 0.25) is 0 Å². The van der Waals surface area contributed by atoms with Gasteiger partial charge in [-0.2, -0.15) is 0 Å². The summed E-state index contributed by atoms with van der Waals surface area (Å²) in [6.07, 6.45) is 8.23. The van der Waals surface area contributed by atoms with Crippen molar-refractivity contribution in [2.24, 2.45) is 29.4 Å². The zero-order chi connectivity index (χ0) is 18.2. The number of nitrogens with two attached hydrogens (primary N) is 1. The predicted molar refractivity (Wildman–Crippen MR) is 101 cm³/mol. The van der Waals surface area contributed by atoms with Gasteiger partial charge in [0.25, 0.3) is 0 Å². The third-order valence-electron chi connectivity index (χ3n) is 7.63. The van der Waals surface area contributed by atoms with Gasteiger partial charge in [0.15, 0.2) is 0 Å². The molecule has 0 aromatic carbocycles. The maximum absolute atomic E-state index is 12.2. The first-order valence-corrected chi connectivity index (χ1v) is 10.6. The third-order valence-corrected chi connectivity index (χ3v) is 8.00. The number of rotatable bonds is 2. The fraction of sp³-hybridized carbons (Fsp3) is 0.762. The Morgan fingerprint density at radius 1 is 1.23 bits per heavy atom. The molecule has 3 saturated carbocycles. The molecule has 4 nitrogen and oxygen atoms in total. The number of alkyl halides is 1. The van der Waals surface area contributed by atoms with E-state index < -0.39 is 0 Å². The monoisotopic (exact) mass is 376 g/mol. The number of amides is 1. The summed E-state index contributed by atoms with van der Waals surface area (Å²) in [5, 5.41) is 2.75. The molecule has 3 fully saturated rings. The van der Waals surface area contributed by atoms with Gasteiger partial charge < -0.3 is 15.8 Å². The first-order valence-electron chi connectivity index (χ1n) is 10.2. The van der Waals surface area contributed by atoms with Crippen LogP contribution in [0.5, 0.6) is 0 Å². The van der Waals surface area contributed by atoms with Gasteiger partial charge >= 0.3 is 0 Å². The van der Waals surface area contributed by atoms with E-state index in [1.54, 1.807) is 0 Å². The lowest BCUT2D eigenvalue weighted by atomic mass is 9.59. The second-order valence-electron chi connectivity index (χ2n) is 9.67. The van der Waals surface area contributed by atoms with Crippen molar-refractivity contribution >= 4 is 17.5 Å². The zero-order valence-corrected chi connectivity index (χ0v) is 16.4. The number of hydrogen-bond acceptors (Lipinski definition) is 3. The average Bonchev–Trinajstić information content (AvgIpc) is 2.87. The van der Waals surface area contributed by atoms with Gasteiger partial charge in [-0.05, 0) is 81.3 Å². The summed E-state index contributed by atoms with van der Waals surface area (Å²) < 4.78 is 6.64. The van der Waals surface area contributed by atoms with Crippen molar-refractivity contribution in [1.29, 1.82) is 0 Å². The van der Waals surface area contributed by atoms with Crippen LogP contribution < -0.4 is 11.1 Å². The Labute approximate surface area is 160 Å². The topological polar surface area (TPSA) is 64.3 Å². The van der Waals surface area contributed by atoms with Crippen LogP contribution in [0.25, 0.3) is 0 Å². The van der Waals surface area contributed by atoms with Crippen LogP contribution in [0, 0.1) is 23.7 Å². The number of nitrogens with one attached hydrogen (secondary N) is 1. The van der Waals surface area contributed by atoms with Gasteiger partial charge in [0.1, 0.15) is 11.4 Å². The van der Waals surface area contributed by atoms with Gasteiger partial charge in [-0.25, -0.2) is 0 Å². The van der Waals surface area contributed by atoms with Crippen molar-refractivity contribution in [2.75, 3.05) is 0 Å². The molecule has 2 bridgehead atoms. The van der Waals surface area contributed by atoms with Crippen molar-refractivity contribution in [1.82, 2.24) is 5.32 Å². The Bertz CT molecular complexity index is 715. The molecule has 1 heterocycles. The standard InChI is InChI=1S/C21H29ClN2O2/c1-10-3-12-6-18(17(22)7-13(12)20(25)24-10)26-21(2)8-11-4-14-15(5-11)19(23)16(14)9-21/h6,10-11,14-17,19H,3-5,7-9,23H2,1-2H3,(H,24,25). The fourth-order valence-corrected chi connectivity index (χ4v) is 6.85. The molecule has 8 atom stereocenters. The smallest absolute Gasteiger partial charge is 0.247 e. The Morgan fingerprint density at radius 3 is 2.81 bits per heavy atom. The molecule has 142 valence electrons. The molecule has 4 aliphatic carbocycles. The number of ether oxygens (including phenoxy) is 1. The molecule has 5 heteroatoms. The van der Waals surface area contributed by atoms with E-state index in [4.69, 9.17) is 22.1 Å². The summed E-state index contributed by atoms with van der Waals surface area (Å²) in [7, 11) is 0. The minimum absolute atomic E-state index is 0.0316. The molecule has 0 aromatic rings. The van der Waals surface area contributed by atoms with E-state index in [0.717, 1.165) is 53.9 Å². The molecular formula is C21H29ClN2O2. The van der Waals surface area contributed by atoms with Crippen LogP contribution in [0.3, 0.4) is 0 Å². The summed E-state index contributed by atoms with van der Waals surface area (Å²) >= 11 is 6.65. The van der Waals surface area contributed by atoms with E-state index in [2.05, 4.69) is 18.3 Å². The Hall–Kier alpha value is -1.00. The van der Waals surface area contributed by atoms with Crippen molar-refractivity contribution in [2.45, 2.75) is 75.4 Å². The van der Waals surface area contributed by atoms with Crippen molar-refractivity contribution in [3.8, 4) is 0 Å². The summed E-state index contributed by atoms with van der Waals surface area (Å²) in [6.45, 7) is 4.29. The maximum atomic E-state index is 12.2. The average molecular weight is 377 g/mol. The van der Waals surface area contributed by atoms with Crippen LogP contribution in [0.1, 0.15) is 52.4 Å². The predicted octanol–water partition coefficient (Wildman–Crippen LogP) is 3.26. The van der Waals surface area contributed by atoms with Gasteiger partial charge in [-0.1, -0.05) is 0 Å². The van der Waals surface area contributed by atoms with Crippen molar-refractivity contribution < 1.29 is 9.53 Å². The molecule has 8 unspecified atom stereocenters. The Kier molecular flexibility index (Phi) is 3.78.